The van der Waals surface area contributed by atoms with Crippen molar-refractivity contribution in [3.63, 3.8) is 0 Å². The van der Waals surface area contributed by atoms with Crippen LogP contribution in [-0.4, -0.2) is 16.8 Å². The molecule has 20 heavy (non-hydrogen) atoms. The molecular formula is C13H12FN3O2S. The number of halogens is 1. The van der Waals surface area contributed by atoms with Crippen molar-refractivity contribution in [1.82, 2.24) is 15.8 Å². The quantitative estimate of drug-likeness (QED) is 0.845. The number of nitrogens with zero attached hydrogens (tertiary/aromatic N) is 1. The lowest BCUT2D eigenvalue weighted by molar-refractivity contribution is -0.127. The summed E-state index contributed by atoms with van der Waals surface area (Å²) in [5, 5.41) is 2.47. The van der Waals surface area contributed by atoms with Gasteiger partial charge in [-0.1, -0.05) is 0 Å². The summed E-state index contributed by atoms with van der Waals surface area (Å²) in [5.74, 6) is -1.00. The summed E-state index contributed by atoms with van der Waals surface area (Å²) in [5.41, 5.74) is 5.86. The van der Waals surface area contributed by atoms with Gasteiger partial charge in [0.15, 0.2) is 0 Å². The van der Waals surface area contributed by atoms with Crippen molar-refractivity contribution < 1.29 is 14.0 Å². The standard InChI is InChI=1S/C13H12FN3O2S/c1-8(18)16-17-12(19)6-11-7-20-13(15-11)9-2-4-10(14)5-3-9/h2-5,7H,6H2,1H3,(H,16,18)(H,17,19). The maximum absolute atomic E-state index is 12.8. The molecule has 1 aromatic heterocycles. The van der Waals surface area contributed by atoms with Crippen molar-refractivity contribution in [2.45, 2.75) is 13.3 Å². The number of hydrogen-bond donors (Lipinski definition) is 2. The van der Waals surface area contributed by atoms with Gasteiger partial charge in [-0.3, -0.25) is 20.4 Å². The Labute approximate surface area is 118 Å². The van der Waals surface area contributed by atoms with Gasteiger partial charge in [0.1, 0.15) is 10.8 Å². The van der Waals surface area contributed by atoms with Gasteiger partial charge in [-0.05, 0) is 24.3 Å². The fourth-order valence-electron chi connectivity index (χ4n) is 1.48. The predicted octanol–water partition coefficient (Wildman–Crippen LogP) is 1.66. The van der Waals surface area contributed by atoms with Crippen LogP contribution in [0.3, 0.4) is 0 Å². The number of carbonyl (C=O) groups excluding carboxylic acids is 2. The Morgan fingerprint density at radius 2 is 1.95 bits per heavy atom. The zero-order chi connectivity index (χ0) is 14.5. The molecular weight excluding hydrogens is 281 g/mol. The van der Waals surface area contributed by atoms with Gasteiger partial charge in [0.05, 0.1) is 12.1 Å². The van der Waals surface area contributed by atoms with Crippen LogP contribution in [0, 0.1) is 5.82 Å². The van der Waals surface area contributed by atoms with Crippen molar-refractivity contribution in [2.24, 2.45) is 0 Å². The van der Waals surface area contributed by atoms with E-state index in [1.54, 1.807) is 17.5 Å². The second-order valence-electron chi connectivity index (χ2n) is 4.06. The summed E-state index contributed by atoms with van der Waals surface area (Å²) in [6.07, 6.45) is 0.0674. The molecule has 0 saturated carbocycles. The van der Waals surface area contributed by atoms with E-state index < -0.39 is 0 Å². The smallest absolute Gasteiger partial charge is 0.244 e. The third-order valence-corrected chi connectivity index (χ3v) is 3.30. The molecule has 0 atom stereocenters. The molecule has 0 spiro atoms. The molecule has 1 heterocycles. The number of nitrogens with one attached hydrogen (secondary N) is 2. The number of thiazole rings is 1. The topological polar surface area (TPSA) is 71.1 Å². The number of rotatable bonds is 3. The highest BCUT2D eigenvalue weighted by Gasteiger charge is 2.09. The van der Waals surface area contributed by atoms with Gasteiger partial charge in [0.2, 0.25) is 11.8 Å². The fourth-order valence-corrected chi connectivity index (χ4v) is 2.31. The van der Waals surface area contributed by atoms with Crippen LogP contribution in [0.1, 0.15) is 12.6 Å². The minimum atomic E-state index is -0.351. The van der Waals surface area contributed by atoms with Crippen LogP contribution in [0.15, 0.2) is 29.6 Å². The second kappa shape index (κ2) is 6.25. The summed E-state index contributed by atoms with van der Waals surface area (Å²) in [4.78, 5) is 26.4. The number of hydrazine groups is 1. The van der Waals surface area contributed by atoms with E-state index in [0.717, 1.165) is 5.56 Å². The van der Waals surface area contributed by atoms with Crippen molar-refractivity contribution in [1.29, 1.82) is 0 Å². The lowest BCUT2D eigenvalue weighted by Crippen LogP contribution is -2.41. The third kappa shape index (κ3) is 3.86. The molecule has 0 radical (unpaired) electrons. The Balaban J connectivity index is 2.00. The van der Waals surface area contributed by atoms with Gasteiger partial charge >= 0.3 is 0 Å². The van der Waals surface area contributed by atoms with Gasteiger partial charge in [-0.25, -0.2) is 9.37 Å². The molecule has 5 nitrogen and oxygen atoms in total. The van der Waals surface area contributed by atoms with Crippen LogP contribution in [-0.2, 0) is 16.0 Å². The molecule has 104 valence electrons. The number of hydrogen-bond acceptors (Lipinski definition) is 4. The Bertz CT molecular complexity index is 625. The number of amides is 2. The molecule has 7 heteroatoms. The number of carbonyl (C=O) groups is 2. The van der Waals surface area contributed by atoms with E-state index in [2.05, 4.69) is 15.8 Å². The normalized spacial score (nSPS) is 10.1. The van der Waals surface area contributed by atoms with Crippen LogP contribution in [0.2, 0.25) is 0 Å². The van der Waals surface area contributed by atoms with Crippen LogP contribution < -0.4 is 10.9 Å². The first kappa shape index (κ1) is 14.1. The third-order valence-electron chi connectivity index (χ3n) is 2.36. The first-order chi connectivity index (χ1) is 9.54. The summed E-state index contributed by atoms with van der Waals surface area (Å²) >= 11 is 1.37. The molecule has 0 aliphatic rings. The summed E-state index contributed by atoms with van der Waals surface area (Å²) in [6, 6.07) is 5.99. The monoisotopic (exact) mass is 293 g/mol. The first-order valence-electron chi connectivity index (χ1n) is 5.80. The van der Waals surface area contributed by atoms with E-state index >= 15 is 0 Å². The van der Waals surface area contributed by atoms with E-state index in [1.165, 1.54) is 30.4 Å². The molecule has 0 fully saturated rings. The summed E-state index contributed by atoms with van der Waals surface area (Å²) in [7, 11) is 0. The van der Waals surface area contributed by atoms with Gasteiger partial charge in [-0.2, -0.15) is 0 Å². The zero-order valence-electron chi connectivity index (χ0n) is 10.6. The summed E-state index contributed by atoms with van der Waals surface area (Å²) < 4.78 is 12.8. The molecule has 2 aromatic rings. The maximum Gasteiger partial charge on any atom is 0.244 e. The van der Waals surface area contributed by atoms with E-state index in [-0.39, 0.29) is 24.1 Å². The molecule has 2 amide bonds. The first-order valence-corrected chi connectivity index (χ1v) is 6.68. The molecule has 2 N–H and O–H groups in total. The molecule has 1 aromatic carbocycles. The van der Waals surface area contributed by atoms with E-state index in [0.29, 0.717) is 10.7 Å². The van der Waals surface area contributed by atoms with Gasteiger partial charge in [-0.15, -0.1) is 11.3 Å². The van der Waals surface area contributed by atoms with Crippen LogP contribution in [0.5, 0.6) is 0 Å². The van der Waals surface area contributed by atoms with Gasteiger partial charge in [0, 0.05) is 17.9 Å². The van der Waals surface area contributed by atoms with Crippen molar-refractivity contribution in [3.05, 3.63) is 41.2 Å². The number of benzene rings is 1. The molecule has 0 bridgehead atoms. The Hall–Kier alpha value is -2.28. The lowest BCUT2D eigenvalue weighted by Gasteiger charge is -2.02. The highest BCUT2D eigenvalue weighted by atomic mass is 32.1. The minimum Gasteiger partial charge on any atom is -0.274 e. The fraction of sp³-hybridized carbons (Fsp3) is 0.154. The van der Waals surface area contributed by atoms with E-state index in [9.17, 15) is 14.0 Å². The van der Waals surface area contributed by atoms with Crippen LogP contribution in [0.4, 0.5) is 4.39 Å². The Morgan fingerprint density at radius 3 is 2.60 bits per heavy atom. The molecule has 2 rings (SSSR count). The molecule has 0 saturated heterocycles. The minimum absolute atomic E-state index is 0.0674. The van der Waals surface area contributed by atoms with Crippen molar-refractivity contribution in [3.8, 4) is 10.6 Å². The van der Waals surface area contributed by atoms with Crippen molar-refractivity contribution in [2.75, 3.05) is 0 Å². The molecule has 0 aliphatic carbocycles. The lowest BCUT2D eigenvalue weighted by atomic mass is 10.2. The van der Waals surface area contributed by atoms with Gasteiger partial charge < -0.3 is 0 Å². The number of aromatic nitrogens is 1. The van der Waals surface area contributed by atoms with Crippen molar-refractivity contribution >= 4 is 23.2 Å². The zero-order valence-corrected chi connectivity index (χ0v) is 11.5. The van der Waals surface area contributed by atoms with Gasteiger partial charge in [0.25, 0.3) is 0 Å². The highest BCUT2D eigenvalue weighted by molar-refractivity contribution is 7.13. The predicted molar refractivity (Wildman–Crippen MR) is 73.2 cm³/mol. The highest BCUT2D eigenvalue weighted by Crippen LogP contribution is 2.23. The SMILES string of the molecule is CC(=O)NNC(=O)Cc1csc(-c2ccc(F)cc2)n1. The van der Waals surface area contributed by atoms with Crippen LogP contribution >= 0.6 is 11.3 Å². The summed E-state index contributed by atoms with van der Waals surface area (Å²) in [6.45, 7) is 1.30. The van der Waals surface area contributed by atoms with E-state index in [1.807, 2.05) is 0 Å². The molecule has 0 unspecified atom stereocenters. The average molecular weight is 293 g/mol. The van der Waals surface area contributed by atoms with E-state index in [4.69, 9.17) is 0 Å². The molecule has 0 aliphatic heterocycles. The Morgan fingerprint density at radius 1 is 1.25 bits per heavy atom. The van der Waals surface area contributed by atoms with Crippen LogP contribution in [0.25, 0.3) is 10.6 Å². The largest absolute Gasteiger partial charge is 0.274 e. The average Bonchev–Trinajstić information content (AvgIpc) is 2.85. The maximum atomic E-state index is 12.8. The second-order valence-corrected chi connectivity index (χ2v) is 4.92. The Kier molecular flexibility index (Phi) is 4.41.